The van der Waals surface area contributed by atoms with Crippen molar-refractivity contribution in [3.63, 3.8) is 0 Å². The molecule has 1 saturated heterocycles. The molecule has 0 radical (unpaired) electrons. The Balaban J connectivity index is 2.37. The predicted molar refractivity (Wildman–Crippen MR) is 112 cm³/mol. The Kier molecular flexibility index (Phi) is 7.84. The number of sulfone groups is 1. The molecule has 1 N–H and O–H groups in total. The first-order chi connectivity index (χ1) is 13.3. The molecule has 3 unspecified atom stereocenters. The highest BCUT2D eigenvalue weighted by molar-refractivity contribution is 7.90. The average Bonchev–Trinajstić information content (AvgIpc) is 2.77. The van der Waals surface area contributed by atoms with Crippen LogP contribution in [0.15, 0.2) is 18.2 Å². The molecule has 1 aromatic rings. The smallest absolute Gasteiger partial charge is 0.410 e. The lowest BCUT2D eigenvalue weighted by atomic mass is 9.90. The quantitative estimate of drug-likeness (QED) is 0.730. The van der Waals surface area contributed by atoms with Crippen molar-refractivity contribution in [2.24, 2.45) is 0 Å². The third kappa shape index (κ3) is 7.29. The van der Waals surface area contributed by atoms with Gasteiger partial charge >= 0.3 is 6.09 Å². The van der Waals surface area contributed by atoms with E-state index in [1.54, 1.807) is 39.0 Å². The van der Waals surface area contributed by atoms with Crippen LogP contribution in [0.5, 0.6) is 0 Å². The van der Waals surface area contributed by atoms with Crippen molar-refractivity contribution >= 4 is 39.1 Å². The summed E-state index contributed by atoms with van der Waals surface area (Å²) in [6, 6.07) is 4.97. The van der Waals surface area contributed by atoms with E-state index in [2.05, 4.69) is 0 Å². The van der Waals surface area contributed by atoms with Gasteiger partial charge in [0.15, 0.2) is 0 Å². The fourth-order valence-corrected chi connectivity index (χ4v) is 4.28. The highest BCUT2D eigenvalue weighted by Crippen LogP contribution is 2.33. The van der Waals surface area contributed by atoms with Gasteiger partial charge < -0.3 is 19.5 Å². The fraction of sp³-hybridized carbons (Fsp3) is 0.632. The molecule has 1 heterocycles. The van der Waals surface area contributed by atoms with Crippen molar-refractivity contribution in [3.05, 3.63) is 33.8 Å². The molecule has 29 heavy (non-hydrogen) atoms. The molecule has 164 valence electrons. The van der Waals surface area contributed by atoms with Gasteiger partial charge in [-0.1, -0.05) is 29.3 Å². The van der Waals surface area contributed by atoms with Crippen LogP contribution in [0.25, 0.3) is 0 Å². The average molecular weight is 468 g/mol. The Bertz CT molecular complexity index is 840. The first kappa shape index (κ1) is 24.2. The second-order valence-electron chi connectivity index (χ2n) is 8.20. The molecule has 1 fully saturated rings. The van der Waals surface area contributed by atoms with Crippen LogP contribution in [0.1, 0.15) is 32.3 Å². The van der Waals surface area contributed by atoms with Crippen LogP contribution in [0.4, 0.5) is 4.79 Å². The van der Waals surface area contributed by atoms with E-state index in [-0.39, 0.29) is 19.7 Å². The van der Waals surface area contributed by atoms with Crippen LogP contribution >= 0.6 is 23.2 Å². The molecule has 0 aliphatic carbocycles. The van der Waals surface area contributed by atoms with Crippen molar-refractivity contribution in [2.45, 2.75) is 44.5 Å². The summed E-state index contributed by atoms with van der Waals surface area (Å²) in [6.07, 6.45) is -1.59. The van der Waals surface area contributed by atoms with Crippen LogP contribution in [-0.4, -0.2) is 74.0 Å². The number of carbonyl (C=O) groups is 1. The lowest BCUT2D eigenvalue weighted by Gasteiger charge is -2.31. The zero-order chi connectivity index (χ0) is 22.0. The number of aliphatic hydroxyl groups is 1. The van der Waals surface area contributed by atoms with Gasteiger partial charge in [-0.15, -0.1) is 0 Å². The summed E-state index contributed by atoms with van der Waals surface area (Å²) < 4.78 is 34.7. The fourth-order valence-electron chi connectivity index (χ4n) is 3.16. The Morgan fingerprint density at radius 3 is 2.55 bits per heavy atom. The maximum absolute atomic E-state index is 12.6. The third-order valence-corrected chi connectivity index (χ3v) is 6.05. The SMILES string of the molecule is CC(C)(C)OC(=O)N1CCOC(C(O)CS(C)(=O)=O)C(c2ccc(Cl)c(Cl)c2)C1. The van der Waals surface area contributed by atoms with Crippen molar-refractivity contribution in [1.82, 2.24) is 4.90 Å². The van der Waals surface area contributed by atoms with Crippen molar-refractivity contribution in [1.29, 1.82) is 0 Å². The summed E-state index contributed by atoms with van der Waals surface area (Å²) in [4.78, 5) is 14.1. The molecule has 10 heteroatoms. The zero-order valence-corrected chi connectivity index (χ0v) is 19.2. The van der Waals surface area contributed by atoms with E-state index in [0.29, 0.717) is 15.6 Å². The number of benzene rings is 1. The minimum absolute atomic E-state index is 0.128. The van der Waals surface area contributed by atoms with Crippen LogP contribution in [0.2, 0.25) is 10.0 Å². The minimum Gasteiger partial charge on any atom is -0.444 e. The largest absolute Gasteiger partial charge is 0.444 e. The molecule has 2 rings (SSSR count). The van der Waals surface area contributed by atoms with Crippen LogP contribution < -0.4 is 0 Å². The number of carbonyl (C=O) groups excluding carboxylic acids is 1. The molecule has 1 amide bonds. The summed E-state index contributed by atoms with van der Waals surface area (Å²) in [7, 11) is -3.44. The standard InChI is InChI=1S/C19H27Cl2NO6S/c1-19(2,3)28-18(24)22-7-8-27-17(16(23)11-29(4,25)26)13(10-22)12-5-6-14(20)15(21)9-12/h5-6,9,13,16-17,23H,7-8,10-11H2,1-4H3. The van der Waals surface area contributed by atoms with E-state index in [1.807, 2.05) is 0 Å². The van der Waals surface area contributed by atoms with Crippen molar-refractivity contribution in [2.75, 3.05) is 31.7 Å². The topological polar surface area (TPSA) is 93.1 Å². The van der Waals surface area contributed by atoms with Crippen molar-refractivity contribution < 1.29 is 27.8 Å². The van der Waals surface area contributed by atoms with Crippen LogP contribution in [0, 0.1) is 0 Å². The summed E-state index contributed by atoms with van der Waals surface area (Å²) in [6.45, 7) is 5.85. The van der Waals surface area contributed by atoms with Gasteiger partial charge in [-0.3, -0.25) is 0 Å². The van der Waals surface area contributed by atoms with Gasteiger partial charge in [0.25, 0.3) is 0 Å². The van der Waals surface area contributed by atoms with E-state index in [9.17, 15) is 18.3 Å². The summed E-state index contributed by atoms with van der Waals surface area (Å²) in [5.41, 5.74) is 0.00540. The number of ether oxygens (including phenoxy) is 2. The first-order valence-electron chi connectivity index (χ1n) is 9.17. The van der Waals surface area contributed by atoms with Gasteiger partial charge in [-0.25, -0.2) is 13.2 Å². The first-order valence-corrected chi connectivity index (χ1v) is 12.0. The maximum Gasteiger partial charge on any atom is 0.410 e. The predicted octanol–water partition coefficient (Wildman–Crippen LogP) is 3.12. The van der Waals surface area contributed by atoms with E-state index >= 15 is 0 Å². The molecule has 0 bridgehead atoms. The molecule has 1 aliphatic heterocycles. The Labute approximate surface area is 181 Å². The summed E-state index contributed by atoms with van der Waals surface area (Å²) in [5, 5.41) is 11.3. The van der Waals surface area contributed by atoms with Gasteiger partial charge in [0, 0.05) is 25.3 Å². The van der Waals surface area contributed by atoms with Gasteiger partial charge in [-0.05, 0) is 38.5 Å². The molecule has 0 aromatic heterocycles. The molecule has 0 saturated carbocycles. The highest BCUT2D eigenvalue weighted by atomic mass is 35.5. The maximum atomic E-state index is 12.6. The lowest BCUT2D eigenvalue weighted by Crippen LogP contribution is -2.43. The molecule has 3 atom stereocenters. The molecule has 0 spiro atoms. The van der Waals surface area contributed by atoms with E-state index < -0.39 is 45.4 Å². The number of halogens is 2. The molecule has 1 aliphatic rings. The number of rotatable bonds is 4. The third-order valence-electron chi connectivity index (χ3n) is 4.36. The van der Waals surface area contributed by atoms with Gasteiger partial charge in [0.05, 0.1) is 34.6 Å². The van der Waals surface area contributed by atoms with E-state index in [0.717, 1.165) is 6.26 Å². The van der Waals surface area contributed by atoms with E-state index in [1.165, 1.54) is 4.90 Å². The Morgan fingerprint density at radius 1 is 1.34 bits per heavy atom. The molecule has 7 nitrogen and oxygen atoms in total. The molecule has 1 aromatic carbocycles. The second-order valence-corrected chi connectivity index (χ2v) is 11.2. The molecular formula is C19H27Cl2NO6S. The minimum atomic E-state index is -3.44. The number of hydrogen-bond acceptors (Lipinski definition) is 6. The van der Waals surface area contributed by atoms with Crippen molar-refractivity contribution in [3.8, 4) is 0 Å². The highest BCUT2D eigenvalue weighted by Gasteiger charge is 2.38. The lowest BCUT2D eigenvalue weighted by molar-refractivity contribution is -0.0310. The number of hydrogen-bond donors (Lipinski definition) is 1. The van der Waals surface area contributed by atoms with Gasteiger partial charge in [-0.2, -0.15) is 0 Å². The van der Waals surface area contributed by atoms with Crippen LogP contribution in [0.3, 0.4) is 0 Å². The number of nitrogens with zero attached hydrogens (tertiary/aromatic N) is 1. The zero-order valence-electron chi connectivity index (χ0n) is 16.9. The van der Waals surface area contributed by atoms with E-state index in [4.69, 9.17) is 32.7 Å². The van der Waals surface area contributed by atoms with Gasteiger partial charge in [0.1, 0.15) is 15.4 Å². The number of amides is 1. The van der Waals surface area contributed by atoms with Crippen LogP contribution in [-0.2, 0) is 19.3 Å². The Morgan fingerprint density at radius 2 is 2.00 bits per heavy atom. The summed E-state index contributed by atoms with van der Waals surface area (Å²) >= 11 is 12.2. The molecular weight excluding hydrogens is 441 g/mol. The second kappa shape index (κ2) is 9.39. The normalized spacial score (nSPS) is 22.1. The summed E-state index contributed by atoms with van der Waals surface area (Å²) in [5.74, 6) is -0.987. The monoisotopic (exact) mass is 467 g/mol. The van der Waals surface area contributed by atoms with Gasteiger partial charge in [0.2, 0.25) is 0 Å². The Hall–Kier alpha value is -1.06. The number of aliphatic hydroxyl groups excluding tert-OH is 1.